The smallest absolute Gasteiger partial charge is 0.220 e. The SMILES string of the molecule is CC(C)Oc1ncccc1CNC(=O)CCc1ncc(-c2ccc(Cl)cc2Cl)o1. The van der Waals surface area contributed by atoms with E-state index in [0.717, 1.165) is 5.56 Å². The lowest BCUT2D eigenvalue weighted by Gasteiger charge is -2.13. The van der Waals surface area contributed by atoms with Crippen LogP contribution in [0.15, 0.2) is 47.1 Å². The first-order valence-corrected chi connectivity index (χ1v) is 9.95. The molecule has 2 heterocycles. The van der Waals surface area contributed by atoms with E-state index in [4.69, 9.17) is 32.4 Å². The monoisotopic (exact) mass is 433 g/mol. The third-order valence-corrected chi connectivity index (χ3v) is 4.54. The maximum absolute atomic E-state index is 12.2. The summed E-state index contributed by atoms with van der Waals surface area (Å²) in [5.74, 6) is 1.41. The van der Waals surface area contributed by atoms with Gasteiger partial charge < -0.3 is 14.5 Å². The molecule has 0 unspecified atom stereocenters. The highest BCUT2D eigenvalue weighted by Crippen LogP contribution is 2.30. The molecular weight excluding hydrogens is 413 g/mol. The van der Waals surface area contributed by atoms with Crippen LogP contribution in [0.25, 0.3) is 11.3 Å². The molecule has 0 fully saturated rings. The molecule has 0 aliphatic rings. The molecule has 29 heavy (non-hydrogen) atoms. The minimum atomic E-state index is -0.117. The number of hydrogen-bond acceptors (Lipinski definition) is 5. The van der Waals surface area contributed by atoms with E-state index in [-0.39, 0.29) is 18.4 Å². The Morgan fingerprint density at radius 2 is 2.07 bits per heavy atom. The van der Waals surface area contributed by atoms with Gasteiger partial charge >= 0.3 is 0 Å². The number of nitrogens with one attached hydrogen (secondary N) is 1. The number of hydrogen-bond donors (Lipinski definition) is 1. The topological polar surface area (TPSA) is 77.2 Å². The molecule has 1 aromatic carbocycles. The summed E-state index contributed by atoms with van der Waals surface area (Å²) in [4.78, 5) is 20.7. The van der Waals surface area contributed by atoms with Gasteiger partial charge in [0.1, 0.15) is 0 Å². The lowest BCUT2D eigenvalue weighted by molar-refractivity contribution is -0.121. The summed E-state index contributed by atoms with van der Waals surface area (Å²) in [6, 6.07) is 8.83. The molecule has 0 aliphatic heterocycles. The van der Waals surface area contributed by atoms with E-state index in [1.807, 2.05) is 26.0 Å². The number of nitrogens with zero attached hydrogens (tertiary/aromatic N) is 2. The molecular formula is C21H21Cl2N3O3. The van der Waals surface area contributed by atoms with Gasteiger partial charge in [-0.05, 0) is 38.1 Å². The number of aromatic nitrogens is 2. The predicted octanol–water partition coefficient (Wildman–Crippen LogP) is 5.08. The average Bonchev–Trinajstić information content (AvgIpc) is 3.14. The zero-order valence-electron chi connectivity index (χ0n) is 16.1. The summed E-state index contributed by atoms with van der Waals surface area (Å²) >= 11 is 12.1. The summed E-state index contributed by atoms with van der Waals surface area (Å²) in [6.45, 7) is 4.20. The lowest BCUT2D eigenvalue weighted by atomic mass is 10.2. The van der Waals surface area contributed by atoms with Gasteiger partial charge in [-0.1, -0.05) is 29.3 Å². The highest BCUT2D eigenvalue weighted by molar-refractivity contribution is 6.36. The molecule has 0 atom stereocenters. The van der Waals surface area contributed by atoms with E-state index in [0.29, 0.717) is 46.1 Å². The van der Waals surface area contributed by atoms with Crippen molar-refractivity contribution in [2.24, 2.45) is 0 Å². The van der Waals surface area contributed by atoms with Crippen LogP contribution in [0.4, 0.5) is 0 Å². The van der Waals surface area contributed by atoms with Gasteiger partial charge in [-0.15, -0.1) is 0 Å². The molecule has 1 N–H and O–H groups in total. The van der Waals surface area contributed by atoms with Crippen molar-refractivity contribution in [3.8, 4) is 17.2 Å². The van der Waals surface area contributed by atoms with Crippen LogP contribution in [0.1, 0.15) is 31.7 Å². The fraction of sp³-hybridized carbons (Fsp3) is 0.286. The number of carbonyl (C=O) groups is 1. The van der Waals surface area contributed by atoms with Gasteiger partial charge in [-0.2, -0.15) is 0 Å². The van der Waals surface area contributed by atoms with Crippen molar-refractivity contribution in [3.05, 3.63) is 64.2 Å². The average molecular weight is 434 g/mol. The van der Waals surface area contributed by atoms with E-state index in [9.17, 15) is 4.79 Å². The number of aryl methyl sites for hydroxylation is 1. The van der Waals surface area contributed by atoms with Crippen LogP contribution in [0.5, 0.6) is 5.88 Å². The predicted molar refractivity (Wildman–Crippen MR) is 112 cm³/mol. The number of carbonyl (C=O) groups excluding carboxylic acids is 1. The van der Waals surface area contributed by atoms with E-state index in [1.54, 1.807) is 30.6 Å². The van der Waals surface area contributed by atoms with Crippen molar-refractivity contribution >= 4 is 29.1 Å². The first kappa shape index (κ1) is 21.1. The molecule has 152 valence electrons. The molecule has 8 heteroatoms. The summed E-state index contributed by atoms with van der Waals surface area (Å²) in [5.41, 5.74) is 1.53. The highest BCUT2D eigenvalue weighted by atomic mass is 35.5. The third kappa shape index (κ3) is 5.95. The first-order chi connectivity index (χ1) is 13.9. The maximum Gasteiger partial charge on any atom is 0.220 e. The third-order valence-electron chi connectivity index (χ3n) is 3.99. The maximum atomic E-state index is 12.2. The largest absolute Gasteiger partial charge is 0.475 e. The number of ether oxygens (including phenoxy) is 1. The van der Waals surface area contributed by atoms with Gasteiger partial charge in [0.2, 0.25) is 11.8 Å². The van der Waals surface area contributed by atoms with E-state index in [1.165, 1.54) is 0 Å². The summed E-state index contributed by atoms with van der Waals surface area (Å²) in [6.07, 6.45) is 3.88. The zero-order chi connectivity index (χ0) is 20.8. The van der Waals surface area contributed by atoms with Gasteiger partial charge in [0.05, 0.1) is 17.3 Å². The van der Waals surface area contributed by atoms with Gasteiger partial charge in [0.15, 0.2) is 11.7 Å². The Hall–Kier alpha value is -2.57. The van der Waals surface area contributed by atoms with Crippen LogP contribution in [0, 0.1) is 0 Å². The number of halogens is 2. The zero-order valence-corrected chi connectivity index (χ0v) is 17.6. The highest BCUT2D eigenvalue weighted by Gasteiger charge is 2.13. The summed E-state index contributed by atoms with van der Waals surface area (Å²) in [7, 11) is 0. The van der Waals surface area contributed by atoms with Crippen LogP contribution < -0.4 is 10.1 Å². The molecule has 0 radical (unpaired) electrons. The summed E-state index contributed by atoms with van der Waals surface area (Å²) in [5, 5.41) is 3.90. The van der Waals surface area contributed by atoms with E-state index >= 15 is 0 Å². The molecule has 0 aliphatic carbocycles. The van der Waals surface area contributed by atoms with Crippen LogP contribution in [0.3, 0.4) is 0 Å². The quantitative estimate of drug-likeness (QED) is 0.535. The van der Waals surface area contributed by atoms with Gasteiger partial charge in [0, 0.05) is 41.7 Å². The number of pyridine rings is 1. The molecule has 3 rings (SSSR count). The standard InChI is InChI=1S/C21H21Cl2N3O3/c1-13(2)28-21-14(4-3-9-24-21)11-25-19(27)7-8-20-26-12-18(29-20)16-6-5-15(22)10-17(16)23/h3-6,9-10,12-13H,7-8,11H2,1-2H3,(H,25,27). The van der Waals surface area contributed by atoms with Crippen molar-refractivity contribution in [1.82, 2.24) is 15.3 Å². The van der Waals surface area contributed by atoms with Crippen molar-refractivity contribution in [2.75, 3.05) is 0 Å². The van der Waals surface area contributed by atoms with Crippen molar-refractivity contribution < 1.29 is 13.9 Å². The molecule has 6 nitrogen and oxygen atoms in total. The Kier molecular flexibility index (Phi) is 7.12. The van der Waals surface area contributed by atoms with Crippen LogP contribution in [-0.4, -0.2) is 22.0 Å². The van der Waals surface area contributed by atoms with Gasteiger partial charge in [-0.3, -0.25) is 4.79 Å². The second kappa shape index (κ2) is 9.76. The molecule has 1 amide bonds. The Bertz CT molecular complexity index is 989. The molecule has 2 aromatic heterocycles. The second-order valence-electron chi connectivity index (χ2n) is 6.65. The fourth-order valence-corrected chi connectivity index (χ4v) is 3.13. The van der Waals surface area contributed by atoms with Crippen LogP contribution in [-0.2, 0) is 17.8 Å². The van der Waals surface area contributed by atoms with Crippen molar-refractivity contribution in [1.29, 1.82) is 0 Å². The number of oxazole rings is 1. The Morgan fingerprint density at radius 1 is 1.24 bits per heavy atom. The number of rotatable bonds is 8. The molecule has 0 saturated carbocycles. The van der Waals surface area contributed by atoms with E-state index < -0.39 is 0 Å². The molecule has 0 spiro atoms. The molecule has 3 aromatic rings. The van der Waals surface area contributed by atoms with Crippen molar-refractivity contribution in [3.63, 3.8) is 0 Å². The van der Waals surface area contributed by atoms with Gasteiger partial charge in [0.25, 0.3) is 0 Å². The van der Waals surface area contributed by atoms with Crippen LogP contribution >= 0.6 is 23.2 Å². The Labute approximate surface area is 179 Å². The Morgan fingerprint density at radius 3 is 2.83 bits per heavy atom. The van der Waals surface area contributed by atoms with Gasteiger partial charge in [-0.25, -0.2) is 9.97 Å². The number of amides is 1. The van der Waals surface area contributed by atoms with Crippen molar-refractivity contribution in [2.45, 2.75) is 39.3 Å². The normalized spacial score (nSPS) is 10.9. The second-order valence-corrected chi connectivity index (χ2v) is 7.50. The minimum absolute atomic E-state index is 0.00715. The summed E-state index contributed by atoms with van der Waals surface area (Å²) < 4.78 is 11.4. The fourth-order valence-electron chi connectivity index (χ4n) is 2.63. The lowest BCUT2D eigenvalue weighted by Crippen LogP contribution is -2.24. The van der Waals surface area contributed by atoms with Crippen LogP contribution in [0.2, 0.25) is 10.0 Å². The van der Waals surface area contributed by atoms with E-state index in [2.05, 4.69) is 15.3 Å². The minimum Gasteiger partial charge on any atom is -0.475 e. The molecule has 0 saturated heterocycles. The number of benzene rings is 1. The Balaban J connectivity index is 1.54. The first-order valence-electron chi connectivity index (χ1n) is 9.19. The molecule has 0 bridgehead atoms.